The molecule has 122 valence electrons. The van der Waals surface area contributed by atoms with Crippen molar-refractivity contribution in [3.8, 4) is 11.4 Å². The number of rotatable bonds is 4. The minimum absolute atomic E-state index is 0.231. The molecule has 0 aliphatic rings. The molecule has 1 heterocycles. The molecule has 1 N–H and O–H groups in total. The SMILES string of the molecule is COc1ccc(NC(=O)c2ccc(-n3cc(C)cn3)cc2)c(Cl)c1. The molecule has 0 unspecified atom stereocenters. The maximum atomic E-state index is 12.3. The van der Waals surface area contributed by atoms with Gasteiger partial charge in [0, 0.05) is 17.8 Å². The largest absolute Gasteiger partial charge is 0.497 e. The summed E-state index contributed by atoms with van der Waals surface area (Å²) in [7, 11) is 1.56. The van der Waals surface area contributed by atoms with Crippen LogP contribution in [0.5, 0.6) is 5.75 Å². The maximum absolute atomic E-state index is 12.3. The van der Waals surface area contributed by atoms with Gasteiger partial charge in [0.15, 0.2) is 0 Å². The Hall–Kier alpha value is -2.79. The highest BCUT2D eigenvalue weighted by molar-refractivity contribution is 6.34. The zero-order chi connectivity index (χ0) is 17.1. The van der Waals surface area contributed by atoms with Gasteiger partial charge in [0.2, 0.25) is 0 Å². The third-order valence-corrected chi connectivity index (χ3v) is 3.84. The molecule has 3 aromatic rings. The van der Waals surface area contributed by atoms with Crippen molar-refractivity contribution in [3.05, 3.63) is 71.0 Å². The summed E-state index contributed by atoms with van der Waals surface area (Å²) in [5.74, 6) is 0.405. The van der Waals surface area contributed by atoms with Gasteiger partial charge in [0.25, 0.3) is 5.91 Å². The Morgan fingerprint density at radius 1 is 1.21 bits per heavy atom. The summed E-state index contributed by atoms with van der Waals surface area (Å²) in [5, 5.41) is 7.46. The molecule has 24 heavy (non-hydrogen) atoms. The van der Waals surface area contributed by atoms with Gasteiger partial charge in [-0.3, -0.25) is 4.79 Å². The Bertz CT molecular complexity index is 872. The predicted molar refractivity (Wildman–Crippen MR) is 94.3 cm³/mol. The lowest BCUT2D eigenvalue weighted by Crippen LogP contribution is -2.12. The number of nitrogens with one attached hydrogen (secondary N) is 1. The Morgan fingerprint density at radius 3 is 2.54 bits per heavy atom. The molecule has 2 aromatic carbocycles. The number of halogens is 1. The second kappa shape index (κ2) is 6.76. The highest BCUT2D eigenvalue weighted by Crippen LogP contribution is 2.27. The van der Waals surface area contributed by atoms with E-state index in [4.69, 9.17) is 16.3 Å². The van der Waals surface area contributed by atoms with Crippen molar-refractivity contribution in [3.63, 3.8) is 0 Å². The molecular weight excluding hydrogens is 326 g/mol. The first kappa shape index (κ1) is 16.1. The second-order valence-corrected chi connectivity index (χ2v) is 5.72. The Kier molecular flexibility index (Phi) is 4.53. The number of carbonyl (C=O) groups is 1. The van der Waals surface area contributed by atoms with Crippen LogP contribution in [0.1, 0.15) is 15.9 Å². The van der Waals surface area contributed by atoms with E-state index < -0.39 is 0 Å². The molecule has 1 amide bonds. The van der Waals surface area contributed by atoms with Crippen molar-refractivity contribution >= 4 is 23.2 Å². The summed E-state index contributed by atoms with van der Waals surface area (Å²) < 4.78 is 6.85. The number of amides is 1. The van der Waals surface area contributed by atoms with Crippen LogP contribution in [0.4, 0.5) is 5.69 Å². The lowest BCUT2D eigenvalue weighted by Gasteiger charge is -2.09. The first-order valence-electron chi connectivity index (χ1n) is 7.33. The monoisotopic (exact) mass is 341 g/mol. The Morgan fingerprint density at radius 2 is 1.96 bits per heavy atom. The Labute approximate surface area is 144 Å². The Balaban J connectivity index is 1.76. The van der Waals surface area contributed by atoms with Crippen LogP contribution in [-0.2, 0) is 0 Å². The highest BCUT2D eigenvalue weighted by atomic mass is 35.5. The zero-order valence-electron chi connectivity index (χ0n) is 13.3. The van der Waals surface area contributed by atoms with E-state index in [1.165, 1.54) is 0 Å². The van der Waals surface area contributed by atoms with Crippen LogP contribution < -0.4 is 10.1 Å². The van der Waals surface area contributed by atoms with Crippen molar-refractivity contribution in [2.24, 2.45) is 0 Å². The van der Waals surface area contributed by atoms with Gasteiger partial charge in [0.05, 0.1) is 29.7 Å². The van der Waals surface area contributed by atoms with Crippen LogP contribution in [0.15, 0.2) is 54.9 Å². The van der Waals surface area contributed by atoms with Gasteiger partial charge < -0.3 is 10.1 Å². The van der Waals surface area contributed by atoms with Crippen LogP contribution in [-0.4, -0.2) is 22.8 Å². The minimum atomic E-state index is -0.231. The summed E-state index contributed by atoms with van der Waals surface area (Å²) in [6.07, 6.45) is 3.71. The van der Waals surface area contributed by atoms with Gasteiger partial charge in [-0.1, -0.05) is 11.6 Å². The lowest BCUT2D eigenvalue weighted by atomic mass is 10.2. The van der Waals surface area contributed by atoms with E-state index in [-0.39, 0.29) is 5.91 Å². The molecule has 0 saturated heterocycles. The number of hydrogen-bond acceptors (Lipinski definition) is 3. The number of anilines is 1. The quantitative estimate of drug-likeness (QED) is 0.777. The maximum Gasteiger partial charge on any atom is 0.255 e. The lowest BCUT2D eigenvalue weighted by molar-refractivity contribution is 0.102. The first-order chi connectivity index (χ1) is 11.6. The normalized spacial score (nSPS) is 10.5. The van der Waals surface area contributed by atoms with Gasteiger partial charge in [0.1, 0.15) is 5.75 Å². The number of ether oxygens (including phenoxy) is 1. The van der Waals surface area contributed by atoms with E-state index in [0.29, 0.717) is 22.0 Å². The van der Waals surface area contributed by atoms with Crippen LogP contribution in [0, 0.1) is 6.92 Å². The average Bonchev–Trinajstić information content (AvgIpc) is 3.03. The van der Waals surface area contributed by atoms with Crippen LogP contribution in [0.25, 0.3) is 5.69 Å². The topological polar surface area (TPSA) is 56.1 Å². The molecule has 0 aliphatic heterocycles. The van der Waals surface area contributed by atoms with Gasteiger partial charge >= 0.3 is 0 Å². The average molecular weight is 342 g/mol. The molecule has 0 atom stereocenters. The van der Waals surface area contributed by atoms with Crippen LogP contribution >= 0.6 is 11.6 Å². The third-order valence-electron chi connectivity index (χ3n) is 3.53. The minimum Gasteiger partial charge on any atom is -0.497 e. The molecule has 5 nitrogen and oxygen atoms in total. The zero-order valence-corrected chi connectivity index (χ0v) is 14.0. The summed E-state index contributed by atoms with van der Waals surface area (Å²) in [6, 6.07) is 12.3. The van der Waals surface area contributed by atoms with Crippen molar-refractivity contribution in [2.75, 3.05) is 12.4 Å². The van der Waals surface area contributed by atoms with Gasteiger partial charge in [-0.05, 0) is 48.9 Å². The number of nitrogens with zero attached hydrogens (tertiary/aromatic N) is 2. The number of hydrogen-bond donors (Lipinski definition) is 1. The van der Waals surface area contributed by atoms with Gasteiger partial charge in [-0.2, -0.15) is 5.10 Å². The van der Waals surface area contributed by atoms with Crippen molar-refractivity contribution in [1.29, 1.82) is 0 Å². The molecule has 0 bridgehead atoms. The molecular formula is C18H16ClN3O2. The molecule has 6 heteroatoms. The fourth-order valence-electron chi connectivity index (χ4n) is 2.24. The van der Waals surface area contributed by atoms with Crippen molar-refractivity contribution in [1.82, 2.24) is 9.78 Å². The number of methoxy groups -OCH3 is 1. The number of aryl methyl sites for hydroxylation is 1. The van der Waals surface area contributed by atoms with Crippen LogP contribution in [0.2, 0.25) is 5.02 Å². The first-order valence-corrected chi connectivity index (χ1v) is 7.71. The molecule has 1 aromatic heterocycles. The summed E-state index contributed by atoms with van der Waals surface area (Å²) in [5.41, 5.74) is 3.04. The van der Waals surface area contributed by atoms with Gasteiger partial charge in [-0.25, -0.2) is 4.68 Å². The highest BCUT2D eigenvalue weighted by Gasteiger charge is 2.10. The third kappa shape index (κ3) is 3.41. The second-order valence-electron chi connectivity index (χ2n) is 5.31. The molecule has 0 radical (unpaired) electrons. The smallest absolute Gasteiger partial charge is 0.255 e. The van der Waals surface area contributed by atoms with E-state index in [9.17, 15) is 4.79 Å². The summed E-state index contributed by atoms with van der Waals surface area (Å²) in [6.45, 7) is 1.98. The number of aromatic nitrogens is 2. The van der Waals surface area contributed by atoms with E-state index in [2.05, 4.69) is 10.4 Å². The van der Waals surface area contributed by atoms with E-state index in [0.717, 1.165) is 11.3 Å². The summed E-state index contributed by atoms with van der Waals surface area (Å²) in [4.78, 5) is 12.3. The molecule has 0 aliphatic carbocycles. The van der Waals surface area contributed by atoms with E-state index >= 15 is 0 Å². The fourth-order valence-corrected chi connectivity index (χ4v) is 2.46. The molecule has 0 saturated carbocycles. The van der Waals surface area contributed by atoms with Crippen molar-refractivity contribution < 1.29 is 9.53 Å². The van der Waals surface area contributed by atoms with E-state index in [1.807, 2.05) is 25.3 Å². The van der Waals surface area contributed by atoms with Gasteiger partial charge in [-0.15, -0.1) is 0 Å². The predicted octanol–water partition coefficient (Wildman–Crippen LogP) is 4.10. The fraction of sp³-hybridized carbons (Fsp3) is 0.111. The van der Waals surface area contributed by atoms with Crippen LogP contribution in [0.3, 0.4) is 0 Å². The number of carbonyl (C=O) groups excluding carboxylic acids is 1. The van der Waals surface area contributed by atoms with Crippen molar-refractivity contribution in [2.45, 2.75) is 6.92 Å². The molecule has 3 rings (SSSR count). The standard InChI is InChI=1S/C18H16ClN3O2/c1-12-10-20-22(11-12)14-5-3-13(4-6-14)18(23)21-17-8-7-15(24-2)9-16(17)19/h3-11H,1-2H3,(H,21,23). The molecule has 0 fully saturated rings. The molecule has 0 spiro atoms. The number of benzene rings is 2. The summed E-state index contributed by atoms with van der Waals surface area (Å²) >= 11 is 6.14. The van der Waals surface area contributed by atoms with E-state index in [1.54, 1.807) is 48.3 Å².